The molecule has 0 saturated carbocycles. The fourth-order valence-corrected chi connectivity index (χ4v) is 3.97. The van der Waals surface area contributed by atoms with E-state index in [1.807, 2.05) is 23.5 Å². The first kappa shape index (κ1) is 17.9. The van der Waals surface area contributed by atoms with Crippen LogP contribution >= 0.6 is 11.3 Å². The zero-order valence-electron chi connectivity index (χ0n) is 15.3. The second kappa shape index (κ2) is 6.96. The number of thiophene rings is 1. The van der Waals surface area contributed by atoms with Crippen molar-refractivity contribution in [2.45, 2.75) is 40.5 Å². The smallest absolute Gasteiger partial charge is 0.126 e. The number of hydrogen-bond acceptors (Lipinski definition) is 3. The first-order valence-corrected chi connectivity index (χ1v) is 8.87. The first-order chi connectivity index (χ1) is 10.8. The largest absolute Gasteiger partial charge is 0.497 e. The predicted octanol–water partition coefficient (Wildman–Crippen LogP) is 5.89. The van der Waals surface area contributed by atoms with Crippen LogP contribution in [0.2, 0.25) is 0 Å². The molecule has 0 fully saturated rings. The van der Waals surface area contributed by atoms with Crippen molar-refractivity contribution in [3.05, 3.63) is 45.6 Å². The molecule has 126 valence electrons. The van der Waals surface area contributed by atoms with Crippen LogP contribution in [0.5, 0.6) is 11.5 Å². The molecule has 2 rings (SSSR count). The summed E-state index contributed by atoms with van der Waals surface area (Å²) < 4.78 is 11.0. The molecule has 0 radical (unpaired) electrons. The van der Waals surface area contributed by atoms with Gasteiger partial charge >= 0.3 is 0 Å². The molecule has 0 bridgehead atoms. The normalized spacial score (nSPS) is 14.4. The molecule has 0 amide bonds. The fraction of sp³-hybridized carbons (Fsp3) is 0.500. The lowest BCUT2D eigenvalue weighted by molar-refractivity contribution is 0.236. The van der Waals surface area contributed by atoms with Gasteiger partial charge in [-0.15, -0.1) is 11.3 Å². The molecule has 1 heterocycles. The Balaban J connectivity index is 2.58. The highest BCUT2D eigenvalue weighted by molar-refractivity contribution is 7.12. The van der Waals surface area contributed by atoms with Gasteiger partial charge in [-0.3, -0.25) is 0 Å². The molecule has 2 nitrogen and oxygen atoms in total. The number of ether oxygens (including phenoxy) is 2. The molecule has 1 aromatic carbocycles. The van der Waals surface area contributed by atoms with Crippen molar-refractivity contribution in [1.82, 2.24) is 0 Å². The highest BCUT2D eigenvalue weighted by atomic mass is 32.1. The monoisotopic (exact) mass is 332 g/mol. The third-order valence-corrected chi connectivity index (χ3v) is 5.79. The first-order valence-electron chi connectivity index (χ1n) is 8.06. The third-order valence-electron chi connectivity index (χ3n) is 4.71. The number of hydrogen-bond donors (Lipinski definition) is 0. The third kappa shape index (κ3) is 3.89. The minimum atomic E-state index is 0.202. The summed E-state index contributed by atoms with van der Waals surface area (Å²) in [5.41, 5.74) is 1.44. The number of aryl methyl sites for hydroxylation is 1. The van der Waals surface area contributed by atoms with E-state index >= 15 is 0 Å². The summed E-state index contributed by atoms with van der Waals surface area (Å²) in [7, 11) is 3.42. The summed E-state index contributed by atoms with van der Waals surface area (Å²) in [6.45, 7) is 11.4. The van der Waals surface area contributed by atoms with Gasteiger partial charge in [-0.25, -0.2) is 0 Å². The van der Waals surface area contributed by atoms with Crippen LogP contribution in [0.3, 0.4) is 0 Å². The Labute approximate surface area is 144 Å². The van der Waals surface area contributed by atoms with Crippen molar-refractivity contribution in [2.24, 2.45) is 11.3 Å². The zero-order chi connectivity index (χ0) is 17.2. The van der Waals surface area contributed by atoms with Gasteiger partial charge in [0, 0.05) is 27.3 Å². The standard InChI is InChI=1S/C20H28O2S/c1-13-8-11-18(23-13)19(14(2)20(3,4)5)16-10-9-15(21-6)12-17(16)22-7/h8-12,14,19H,1-7H3/t14-,19-/m0/s1. The zero-order valence-corrected chi connectivity index (χ0v) is 16.1. The molecule has 2 atom stereocenters. The van der Waals surface area contributed by atoms with E-state index in [9.17, 15) is 0 Å². The Bertz CT molecular complexity index is 652. The van der Waals surface area contributed by atoms with Crippen molar-refractivity contribution in [2.75, 3.05) is 14.2 Å². The maximum atomic E-state index is 5.68. The summed E-state index contributed by atoms with van der Waals surface area (Å²) >= 11 is 1.88. The quantitative estimate of drug-likeness (QED) is 0.680. The van der Waals surface area contributed by atoms with Gasteiger partial charge < -0.3 is 9.47 Å². The highest BCUT2D eigenvalue weighted by Crippen LogP contribution is 2.46. The molecular formula is C20H28O2S. The minimum absolute atomic E-state index is 0.202. The van der Waals surface area contributed by atoms with Crippen molar-refractivity contribution < 1.29 is 9.47 Å². The van der Waals surface area contributed by atoms with E-state index in [4.69, 9.17) is 9.47 Å². The molecule has 0 N–H and O–H groups in total. The Morgan fingerprint density at radius 3 is 2.17 bits per heavy atom. The lowest BCUT2D eigenvalue weighted by Crippen LogP contribution is -2.25. The van der Waals surface area contributed by atoms with Crippen molar-refractivity contribution in [1.29, 1.82) is 0 Å². The minimum Gasteiger partial charge on any atom is -0.497 e. The van der Waals surface area contributed by atoms with Crippen molar-refractivity contribution >= 4 is 11.3 Å². The SMILES string of the molecule is COc1ccc([C@@H](c2ccc(C)s2)[C@H](C)C(C)(C)C)c(OC)c1. The average molecular weight is 333 g/mol. The summed E-state index contributed by atoms with van der Waals surface area (Å²) in [5, 5.41) is 0. The van der Waals surface area contributed by atoms with Crippen LogP contribution in [-0.4, -0.2) is 14.2 Å². The number of rotatable bonds is 5. The summed E-state index contributed by atoms with van der Waals surface area (Å²) in [6.07, 6.45) is 0. The van der Waals surface area contributed by atoms with Gasteiger partial charge in [0.05, 0.1) is 14.2 Å². The van der Waals surface area contributed by atoms with Gasteiger partial charge in [0.15, 0.2) is 0 Å². The molecule has 1 aromatic heterocycles. The van der Waals surface area contributed by atoms with E-state index in [1.54, 1.807) is 14.2 Å². The Morgan fingerprint density at radius 2 is 1.70 bits per heavy atom. The molecule has 0 spiro atoms. The van der Waals surface area contributed by atoms with E-state index < -0.39 is 0 Å². The van der Waals surface area contributed by atoms with E-state index in [0.717, 1.165) is 11.5 Å². The molecule has 3 heteroatoms. The van der Waals surface area contributed by atoms with Gasteiger partial charge in [-0.05, 0) is 36.5 Å². The Kier molecular flexibility index (Phi) is 5.41. The maximum absolute atomic E-state index is 5.68. The van der Waals surface area contributed by atoms with Crippen LogP contribution < -0.4 is 9.47 Å². The van der Waals surface area contributed by atoms with E-state index in [0.29, 0.717) is 11.8 Å². The Hall–Kier alpha value is -1.48. The Morgan fingerprint density at radius 1 is 1.00 bits per heavy atom. The summed E-state index contributed by atoms with van der Waals surface area (Å²) in [6, 6.07) is 10.6. The average Bonchev–Trinajstić information content (AvgIpc) is 2.93. The predicted molar refractivity (Wildman–Crippen MR) is 99.1 cm³/mol. The summed E-state index contributed by atoms with van der Waals surface area (Å²) in [5.74, 6) is 2.52. The van der Waals surface area contributed by atoms with Crippen LogP contribution in [0.15, 0.2) is 30.3 Å². The van der Waals surface area contributed by atoms with E-state index in [-0.39, 0.29) is 5.41 Å². The topological polar surface area (TPSA) is 18.5 Å². The number of benzene rings is 1. The van der Waals surface area contributed by atoms with Gasteiger partial charge in [0.25, 0.3) is 0 Å². The van der Waals surface area contributed by atoms with Gasteiger partial charge in [0.2, 0.25) is 0 Å². The van der Waals surface area contributed by atoms with Crippen LogP contribution in [0.4, 0.5) is 0 Å². The molecule has 2 aromatic rings. The van der Waals surface area contributed by atoms with E-state index in [2.05, 4.69) is 52.8 Å². The lowest BCUT2D eigenvalue weighted by atomic mass is 9.71. The van der Waals surface area contributed by atoms with Crippen LogP contribution in [0.25, 0.3) is 0 Å². The molecule has 0 unspecified atom stereocenters. The van der Waals surface area contributed by atoms with Crippen molar-refractivity contribution in [3.8, 4) is 11.5 Å². The van der Waals surface area contributed by atoms with Gasteiger partial charge in [-0.2, -0.15) is 0 Å². The van der Waals surface area contributed by atoms with Crippen LogP contribution in [0, 0.1) is 18.3 Å². The second-order valence-corrected chi connectivity index (χ2v) is 8.51. The molecule has 0 aliphatic carbocycles. The van der Waals surface area contributed by atoms with Crippen molar-refractivity contribution in [3.63, 3.8) is 0 Å². The van der Waals surface area contributed by atoms with Crippen LogP contribution in [-0.2, 0) is 0 Å². The second-order valence-electron chi connectivity index (χ2n) is 7.19. The lowest BCUT2D eigenvalue weighted by Gasteiger charge is -2.35. The molecular weight excluding hydrogens is 304 g/mol. The van der Waals surface area contributed by atoms with E-state index in [1.165, 1.54) is 15.3 Å². The highest BCUT2D eigenvalue weighted by Gasteiger charge is 2.33. The number of methoxy groups -OCH3 is 2. The fourth-order valence-electron chi connectivity index (χ4n) is 2.86. The van der Waals surface area contributed by atoms with Gasteiger partial charge in [-0.1, -0.05) is 33.8 Å². The maximum Gasteiger partial charge on any atom is 0.126 e. The molecule has 0 aliphatic rings. The molecule has 0 saturated heterocycles. The summed E-state index contributed by atoms with van der Waals surface area (Å²) in [4.78, 5) is 2.74. The molecule has 0 aliphatic heterocycles. The van der Waals surface area contributed by atoms with Crippen LogP contribution in [0.1, 0.15) is 48.9 Å². The van der Waals surface area contributed by atoms with Gasteiger partial charge in [0.1, 0.15) is 11.5 Å². The molecule has 23 heavy (non-hydrogen) atoms.